The molecular weight excluding hydrogens is 663 g/mol. The van der Waals surface area contributed by atoms with Crippen molar-refractivity contribution >= 4 is 75.0 Å². The lowest BCUT2D eigenvalue weighted by Crippen LogP contribution is -1.91. The third kappa shape index (κ3) is 4.84. The number of thiophene rings is 1. The predicted molar refractivity (Wildman–Crippen MR) is 224 cm³/mol. The second-order valence-electron chi connectivity index (χ2n) is 13.5. The number of rotatable bonds is 4. The minimum Gasteiger partial charge on any atom is -0.247 e. The molecule has 0 radical (unpaired) electrons. The maximum Gasteiger partial charge on any atom is 0.0972 e. The first-order valence-electron chi connectivity index (χ1n) is 17.9. The van der Waals surface area contributed by atoms with Gasteiger partial charge in [-0.1, -0.05) is 146 Å². The van der Waals surface area contributed by atoms with Gasteiger partial charge >= 0.3 is 0 Å². The summed E-state index contributed by atoms with van der Waals surface area (Å²) in [5, 5.41) is 8.34. The molecule has 3 nitrogen and oxygen atoms in total. The third-order valence-electron chi connectivity index (χ3n) is 10.4. The summed E-state index contributed by atoms with van der Waals surface area (Å²) in [6.45, 7) is 0. The van der Waals surface area contributed by atoms with Crippen molar-refractivity contribution < 1.29 is 0 Å². The van der Waals surface area contributed by atoms with E-state index in [1.807, 2.05) is 17.4 Å². The summed E-state index contributed by atoms with van der Waals surface area (Å²) in [5.41, 5.74) is 11.4. The molecule has 0 bridgehead atoms. The van der Waals surface area contributed by atoms with Gasteiger partial charge in [-0.15, -0.1) is 11.3 Å². The molecule has 0 saturated heterocycles. The van der Waals surface area contributed by atoms with E-state index >= 15 is 0 Å². The molecule has 4 aromatic heterocycles. The number of para-hydroxylation sites is 1. The number of aromatic nitrogens is 3. The van der Waals surface area contributed by atoms with Crippen LogP contribution in [-0.4, -0.2) is 15.0 Å². The van der Waals surface area contributed by atoms with Crippen LogP contribution < -0.4 is 0 Å². The smallest absolute Gasteiger partial charge is 0.0972 e. The highest BCUT2D eigenvalue weighted by Gasteiger charge is 2.18. The van der Waals surface area contributed by atoms with E-state index in [0.717, 1.165) is 61.1 Å². The molecule has 246 valence electrons. The highest BCUT2D eigenvalue weighted by atomic mass is 32.1. The summed E-state index contributed by atoms with van der Waals surface area (Å²) in [7, 11) is 0. The Morgan fingerprint density at radius 2 is 0.981 bits per heavy atom. The second kappa shape index (κ2) is 11.9. The maximum absolute atomic E-state index is 5.27. The zero-order valence-electron chi connectivity index (χ0n) is 28.5. The average molecular weight is 692 g/mol. The zero-order chi connectivity index (χ0) is 34.9. The molecule has 0 aliphatic heterocycles. The summed E-state index contributed by atoms with van der Waals surface area (Å²) in [6, 6.07) is 62.4. The predicted octanol–water partition coefficient (Wildman–Crippen LogP) is 13.5. The van der Waals surface area contributed by atoms with Crippen LogP contribution in [-0.2, 0) is 0 Å². The van der Waals surface area contributed by atoms with Gasteiger partial charge in [0.25, 0.3) is 0 Å². The van der Waals surface area contributed by atoms with Gasteiger partial charge in [0.15, 0.2) is 0 Å². The summed E-state index contributed by atoms with van der Waals surface area (Å²) in [4.78, 5) is 15.6. The van der Waals surface area contributed by atoms with Crippen LogP contribution in [0.5, 0.6) is 0 Å². The number of fused-ring (bicyclic) bond motifs is 10. The number of hydrogen-bond donors (Lipinski definition) is 0. The first-order chi connectivity index (χ1) is 26.3. The normalized spacial score (nSPS) is 11.8. The minimum atomic E-state index is 0.915. The third-order valence-corrected chi connectivity index (χ3v) is 11.6. The van der Waals surface area contributed by atoms with Crippen molar-refractivity contribution in [3.05, 3.63) is 176 Å². The second-order valence-corrected chi connectivity index (χ2v) is 14.6. The van der Waals surface area contributed by atoms with Gasteiger partial charge in [-0.3, -0.25) is 0 Å². The largest absolute Gasteiger partial charge is 0.247 e. The van der Waals surface area contributed by atoms with Crippen LogP contribution in [0.4, 0.5) is 0 Å². The average Bonchev–Trinajstić information content (AvgIpc) is 3.63. The SMILES string of the molecule is c1ccc(-c2ccc3ccc4ccc(-c5cccc(-c6cccc7c6sc6ccc8c(-c9ccccc9)nc9ccccc9c8c67)c5)nc4c3n2)cc1. The Kier molecular flexibility index (Phi) is 6.73. The first-order valence-corrected chi connectivity index (χ1v) is 18.7. The molecule has 0 saturated carbocycles. The van der Waals surface area contributed by atoms with Crippen molar-refractivity contribution in [1.29, 1.82) is 0 Å². The van der Waals surface area contributed by atoms with Crippen molar-refractivity contribution in [3.8, 4) is 44.9 Å². The molecule has 11 aromatic rings. The molecule has 0 amide bonds. The maximum atomic E-state index is 5.27. The topological polar surface area (TPSA) is 38.7 Å². The van der Waals surface area contributed by atoms with Crippen molar-refractivity contribution in [2.24, 2.45) is 0 Å². The van der Waals surface area contributed by atoms with Gasteiger partial charge in [0.1, 0.15) is 0 Å². The molecule has 0 spiro atoms. The lowest BCUT2D eigenvalue weighted by atomic mass is 9.95. The Bertz CT molecular complexity index is 3220. The molecule has 7 aromatic carbocycles. The highest BCUT2D eigenvalue weighted by Crippen LogP contribution is 2.46. The molecule has 4 heteroatoms. The molecule has 0 aliphatic carbocycles. The van der Waals surface area contributed by atoms with Crippen LogP contribution in [0, 0.1) is 0 Å². The van der Waals surface area contributed by atoms with E-state index < -0.39 is 0 Å². The Labute approximate surface area is 309 Å². The molecular formula is C49H29N3S. The summed E-state index contributed by atoms with van der Waals surface area (Å²) in [5.74, 6) is 0. The lowest BCUT2D eigenvalue weighted by molar-refractivity contribution is 1.36. The fourth-order valence-electron chi connectivity index (χ4n) is 7.92. The molecule has 11 rings (SSSR count). The summed E-state index contributed by atoms with van der Waals surface area (Å²) in [6.07, 6.45) is 0. The van der Waals surface area contributed by atoms with E-state index in [0.29, 0.717) is 0 Å². The van der Waals surface area contributed by atoms with Gasteiger partial charge < -0.3 is 0 Å². The van der Waals surface area contributed by atoms with E-state index in [9.17, 15) is 0 Å². The first kappa shape index (κ1) is 29.9. The van der Waals surface area contributed by atoms with Crippen molar-refractivity contribution in [3.63, 3.8) is 0 Å². The van der Waals surface area contributed by atoms with Gasteiger partial charge in [0.2, 0.25) is 0 Å². The van der Waals surface area contributed by atoms with Gasteiger partial charge in [-0.05, 0) is 41.5 Å². The molecule has 0 atom stereocenters. The Balaban J connectivity index is 1.08. The Morgan fingerprint density at radius 3 is 1.75 bits per heavy atom. The molecule has 0 fully saturated rings. The quantitative estimate of drug-likeness (QED) is 0.172. The lowest BCUT2D eigenvalue weighted by Gasteiger charge is -2.12. The van der Waals surface area contributed by atoms with Crippen molar-refractivity contribution in [2.75, 3.05) is 0 Å². The monoisotopic (exact) mass is 691 g/mol. The van der Waals surface area contributed by atoms with E-state index in [4.69, 9.17) is 15.0 Å². The number of nitrogens with zero attached hydrogens (tertiary/aromatic N) is 3. The number of benzene rings is 7. The Morgan fingerprint density at radius 1 is 0.377 bits per heavy atom. The Hall–Kier alpha value is -6.75. The number of pyridine rings is 3. The minimum absolute atomic E-state index is 0.915. The molecule has 0 N–H and O–H groups in total. The van der Waals surface area contributed by atoms with E-state index in [2.05, 4.69) is 170 Å². The summed E-state index contributed by atoms with van der Waals surface area (Å²) >= 11 is 1.87. The van der Waals surface area contributed by atoms with Crippen LogP contribution in [0.2, 0.25) is 0 Å². The van der Waals surface area contributed by atoms with Crippen LogP contribution in [0.1, 0.15) is 0 Å². The summed E-state index contributed by atoms with van der Waals surface area (Å²) < 4.78 is 2.56. The van der Waals surface area contributed by atoms with Crippen LogP contribution in [0.15, 0.2) is 176 Å². The van der Waals surface area contributed by atoms with Gasteiger partial charge in [0.05, 0.1) is 33.6 Å². The zero-order valence-corrected chi connectivity index (χ0v) is 29.3. The number of hydrogen-bond acceptors (Lipinski definition) is 4. The fourth-order valence-corrected chi connectivity index (χ4v) is 9.16. The molecule has 0 unspecified atom stereocenters. The molecule has 53 heavy (non-hydrogen) atoms. The standard InChI is InChI=1S/C49H29N3S/c1-3-11-30(12-4-1)40-26-23-32-21-22-33-24-27-41(51-48(33)47(32)50-40)35-16-9-15-34(29-35)36-18-10-19-39-45-43(53-49(36)39)28-25-38-44(45)37-17-7-8-20-42(37)52-46(38)31-13-5-2-6-14-31/h1-29H. The van der Waals surface area contributed by atoms with Crippen LogP contribution in [0.25, 0.3) is 109 Å². The molecule has 0 aliphatic rings. The van der Waals surface area contributed by atoms with Crippen LogP contribution >= 0.6 is 11.3 Å². The molecule has 4 heterocycles. The van der Waals surface area contributed by atoms with Crippen molar-refractivity contribution in [2.45, 2.75) is 0 Å². The van der Waals surface area contributed by atoms with Gasteiger partial charge in [-0.2, -0.15) is 0 Å². The van der Waals surface area contributed by atoms with Gasteiger partial charge in [-0.25, -0.2) is 15.0 Å². The van der Waals surface area contributed by atoms with E-state index in [1.165, 1.54) is 47.5 Å². The van der Waals surface area contributed by atoms with E-state index in [-0.39, 0.29) is 0 Å². The van der Waals surface area contributed by atoms with Crippen LogP contribution in [0.3, 0.4) is 0 Å². The van der Waals surface area contributed by atoms with Crippen molar-refractivity contribution in [1.82, 2.24) is 15.0 Å². The fraction of sp³-hybridized carbons (Fsp3) is 0. The van der Waals surface area contributed by atoms with E-state index in [1.54, 1.807) is 0 Å². The van der Waals surface area contributed by atoms with Gasteiger partial charge in [0, 0.05) is 63.8 Å². The highest BCUT2D eigenvalue weighted by molar-refractivity contribution is 7.26.